The lowest BCUT2D eigenvalue weighted by Gasteiger charge is -2.11. The Balaban J connectivity index is 2.71. The second-order valence-corrected chi connectivity index (χ2v) is 3.76. The highest BCUT2D eigenvalue weighted by Crippen LogP contribution is 2.19. The zero-order valence-electron chi connectivity index (χ0n) is 10.6. The summed E-state index contributed by atoms with van der Waals surface area (Å²) in [5.74, 6) is 0.349. The molecule has 0 heterocycles. The molecule has 0 aliphatic rings. The van der Waals surface area contributed by atoms with Gasteiger partial charge in [-0.3, -0.25) is 0 Å². The van der Waals surface area contributed by atoms with Crippen molar-refractivity contribution >= 4 is 5.97 Å². The van der Waals surface area contributed by atoms with Crippen LogP contribution in [-0.4, -0.2) is 26.2 Å². The lowest BCUT2D eigenvalue weighted by atomic mass is 10.1. The summed E-state index contributed by atoms with van der Waals surface area (Å²) in [5, 5.41) is 3.24. The number of aryl methyl sites for hydroxylation is 1. The van der Waals surface area contributed by atoms with E-state index in [2.05, 4.69) is 16.1 Å². The molecular weight excluding hydrogens is 218 g/mol. The van der Waals surface area contributed by atoms with Crippen molar-refractivity contribution in [2.45, 2.75) is 20.4 Å². The van der Waals surface area contributed by atoms with Gasteiger partial charge in [0.1, 0.15) is 5.75 Å². The molecule has 4 heteroatoms. The summed E-state index contributed by atoms with van der Waals surface area (Å²) < 4.78 is 9.96. The summed E-state index contributed by atoms with van der Waals surface area (Å²) in [4.78, 5) is 11.0. The van der Waals surface area contributed by atoms with Crippen molar-refractivity contribution in [3.05, 3.63) is 29.3 Å². The molecule has 1 rings (SSSR count). The fraction of sp³-hybridized carbons (Fsp3) is 0.462. The Labute approximate surface area is 102 Å². The second kappa shape index (κ2) is 6.91. The van der Waals surface area contributed by atoms with Crippen LogP contribution in [0.4, 0.5) is 0 Å². The quantitative estimate of drug-likeness (QED) is 0.764. The maximum Gasteiger partial charge on any atom is 0.343 e. The maximum absolute atomic E-state index is 11.0. The molecule has 1 aromatic carbocycles. The van der Waals surface area contributed by atoms with Gasteiger partial charge in [-0.05, 0) is 19.5 Å². The molecule has 0 spiro atoms. The van der Waals surface area contributed by atoms with Gasteiger partial charge in [0.05, 0.1) is 7.11 Å². The van der Waals surface area contributed by atoms with Crippen molar-refractivity contribution in [3.8, 4) is 5.75 Å². The third-order valence-electron chi connectivity index (χ3n) is 2.35. The minimum absolute atomic E-state index is 0.0569. The molecule has 0 aliphatic heterocycles. The van der Waals surface area contributed by atoms with Gasteiger partial charge in [0.15, 0.2) is 6.61 Å². The minimum Gasteiger partial charge on any atom is -0.482 e. The van der Waals surface area contributed by atoms with Crippen LogP contribution in [0.5, 0.6) is 5.75 Å². The molecule has 0 atom stereocenters. The molecule has 0 amide bonds. The summed E-state index contributed by atoms with van der Waals surface area (Å²) in [6, 6.07) is 5.89. The van der Waals surface area contributed by atoms with Crippen molar-refractivity contribution in [3.63, 3.8) is 0 Å². The average molecular weight is 237 g/mol. The van der Waals surface area contributed by atoms with Crippen molar-refractivity contribution < 1.29 is 14.3 Å². The van der Waals surface area contributed by atoms with Crippen LogP contribution in [-0.2, 0) is 16.1 Å². The third-order valence-corrected chi connectivity index (χ3v) is 2.35. The van der Waals surface area contributed by atoms with E-state index in [-0.39, 0.29) is 12.6 Å². The van der Waals surface area contributed by atoms with E-state index in [0.29, 0.717) is 0 Å². The molecule has 94 valence electrons. The molecular formula is C13H19NO3. The summed E-state index contributed by atoms with van der Waals surface area (Å²) in [5.41, 5.74) is 2.22. The number of hydrogen-bond donors (Lipinski definition) is 1. The van der Waals surface area contributed by atoms with Crippen molar-refractivity contribution in [1.29, 1.82) is 0 Å². The highest BCUT2D eigenvalue weighted by atomic mass is 16.6. The smallest absolute Gasteiger partial charge is 0.343 e. The first-order valence-corrected chi connectivity index (χ1v) is 5.67. The van der Waals surface area contributed by atoms with Gasteiger partial charge in [-0.1, -0.05) is 24.6 Å². The molecule has 1 aromatic rings. The lowest BCUT2D eigenvalue weighted by Crippen LogP contribution is -2.16. The molecule has 0 aromatic heterocycles. The Hall–Kier alpha value is -1.55. The fourth-order valence-corrected chi connectivity index (χ4v) is 1.44. The van der Waals surface area contributed by atoms with E-state index in [0.717, 1.165) is 24.4 Å². The van der Waals surface area contributed by atoms with E-state index in [9.17, 15) is 4.79 Å². The Morgan fingerprint density at radius 1 is 1.41 bits per heavy atom. The largest absolute Gasteiger partial charge is 0.482 e. The van der Waals surface area contributed by atoms with E-state index in [1.54, 1.807) is 0 Å². The van der Waals surface area contributed by atoms with Gasteiger partial charge >= 0.3 is 5.97 Å². The Morgan fingerprint density at radius 2 is 2.18 bits per heavy atom. The summed E-state index contributed by atoms with van der Waals surface area (Å²) in [6.45, 7) is 5.64. The number of carbonyl (C=O) groups is 1. The minimum atomic E-state index is -0.375. The highest BCUT2D eigenvalue weighted by Gasteiger charge is 2.06. The number of nitrogens with one attached hydrogen (secondary N) is 1. The Morgan fingerprint density at radius 3 is 2.82 bits per heavy atom. The molecule has 0 saturated heterocycles. The average Bonchev–Trinajstić information content (AvgIpc) is 2.34. The Bertz CT molecular complexity index is 377. The van der Waals surface area contributed by atoms with Gasteiger partial charge in [0.2, 0.25) is 0 Å². The number of esters is 1. The van der Waals surface area contributed by atoms with E-state index in [1.807, 2.05) is 26.0 Å². The van der Waals surface area contributed by atoms with Crippen molar-refractivity contribution in [2.75, 3.05) is 20.3 Å². The van der Waals surface area contributed by atoms with E-state index in [4.69, 9.17) is 4.74 Å². The zero-order chi connectivity index (χ0) is 12.7. The molecule has 0 aliphatic carbocycles. The highest BCUT2D eigenvalue weighted by molar-refractivity contribution is 5.70. The molecule has 0 fully saturated rings. The number of rotatable bonds is 6. The molecule has 1 N–H and O–H groups in total. The van der Waals surface area contributed by atoms with Gasteiger partial charge in [-0.25, -0.2) is 4.79 Å². The number of benzene rings is 1. The summed E-state index contributed by atoms with van der Waals surface area (Å²) >= 11 is 0. The maximum atomic E-state index is 11.0. The van der Waals surface area contributed by atoms with E-state index in [1.165, 1.54) is 12.7 Å². The van der Waals surface area contributed by atoms with Crippen LogP contribution in [0.3, 0.4) is 0 Å². The van der Waals surface area contributed by atoms with Crippen LogP contribution in [0.1, 0.15) is 18.1 Å². The fourth-order valence-electron chi connectivity index (χ4n) is 1.44. The van der Waals surface area contributed by atoms with Crippen molar-refractivity contribution in [2.24, 2.45) is 0 Å². The van der Waals surface area contributed by atoms with Crippen LogP contribution < -0.4 is 10.1 Å². The lowest BCUT2D eigenvalue weighted by molar-refractivity contribution is -0.142. The summed E-state index contributed by atoms with van der Waals surface area (Å²) in [7, 11) is 1.35. The second-order valence-electron chi connectivity index (χ2n) is 3.76. The number of hydrogen-bond acceptors (Lipinski definition) is 4. The zero-order valence-corrected chi connectivity index (χ0v) is 10.6. The SMILES string of the molecule is CCNCc1cc(C)ccc1OCC(=O)OC. The first kappa shape index (κ1) is 13.5. The molecule has 0 unspecified atom stereocenters. The molecule has 4 nitrogen and oxygen atoms in total. The van der Waals surface area contributed by atoms with Gasteiger partial charge in [0.25, 0.3) is 0 Å². The normalized spacial score (nSPS) is 10.1. The molecule has 0 radical (unpaired) electrons. The predicted octanol–water partition coefficient (Wildman–Crippen LogP) is 1.66. The first-order valence-electron chi connectivity index (χ1n) is 5.67. The third kappa shape index (κ3) is 4.44. The van der Waals surface area contributed by atoms with Gasteiger partial charge in [-0.2, -0.15) is 0 Å². The summed E-state index contributed by atoms with van der Waals surface area (Å²) in [6.07, 6.45) is 0. The predicted molar refractivity (Wildman–Crippen MR) is 66.1 cm³/mol. The van der Waals surface area contributed by atoms with Gasteiger partial charge in [0, 0.05) is 12.1 Å². The first-order chi connectivity index (χ1) is 8.17. The standard InChI is InChI=1S/C13H19NO3/c1-4-14-8-11-7-10(2)5-6-12(11)17-9-13(15)16-3/h5-7,14H,4,8-9H2,1-3H3. The van der Waals surface area contributed by atoms with Crippen molar-refractivity contribution in [1.82, 2.24) is 5.32 Å². The van der Waals surface area contributed by atoms with Crippen LogP contribution >= 0.6 is 0 Å². The van der Waals surface area contributed by atoms with Gasteiger partial charge < -0.3 is 14.8 Å². The van der Waals surface area contributed by atoms with E-state index >= 15 is 0 Å². The monoisotopic (exact) mass is 237 g/mol. The topological polar surface area (TPSA) is 47.6 Å². The molecule has 0 saturated carbocycles. The van der Waals surface area contributed by atoms with Gasteiger partial charge in [-0.15, -0.1) is 0 Å². The number of carbonyl (C=O) groups excluding carboxylic acids is 1. The van der Waals surface area contributed by atoms with Crippen LogP contribution in [0, 0.1) is 6.92 Å². The molecule has 0 bridgehead atoms. The number of ether oxygens (including phenoxy) is 2. The van der Waals surface area contributed by atoms with E-state index < -0.39 is 0 Å². The van der Waals surface area contributed by atoms with Crippen LogP contribution in [0.2, 0.25) is 0 Å². The number of methoxy groups -OCH3 is 1. The Kier molecular flexibility index (Phi) is 5.49. The molecule has 17 heavy (non-hydrogen) atoms. The van der Waals surface area contributed by atoms with Crippen LogP contribution in [0.15, 0.2) is 18.2 Å². The van der Waals surface area contributed by atoms with Crippen LogP contribution in [0.25, 0.3) is 0 Å².